The van der Waals surface area contributed by atoms with Crippen molar-refractivity contribution in [1.82, 2.24) is 4.57 Å². The standard InChI is InChI=1S/C56H39N/c1-3-12-38(13-4-1)40-28-31-48(32-29-40)57-55-21-10-9-20-51(55)54-36-46(30-33-56(54)57)45-26-27-47-37-52(49-18-7-8-19-50(49)53(47)35-45)42-24-22-41(23-25-42)44-17-11-16-43(34-44)39-14-5-2-6-15-39/h1-36,52H,37H2. The largest absolute Gasteiger partial charge is 0.309 e. The Balaban J connectivity index is 0.921. The molecule has 0 fully saturated rings. The Bertz CT molecular complexity index is 3060. The summed E-state index contributed by atoms with van der Waals surface area (Å²) in [7, 11) is 0. The molecule has 9 aromatic carbocycles. The molecule has 1 heteroatoms. The molecule has 1 unspecified atom stereocenters. The fourth-order valence-corrected chi connectivity index (χ4v) is 9.14. The van der Waals surface area contributed by atoms with Gasteiger partial charge >= 0.3 is 0 Å². The first-order valence-electron chi connectivity index (χ1n) is 19.9. The molecule has 1 atom stereocenters. The van der Waals surface area contributed by atoms with Crippen LogP contribution in [-0.4, -0.2) is 4.57 Å². The van der Waals surface area contributed by atoms with Crippen molar-refractivity contribution >= 4 is 21.8 Å². The molecular formula is C56H39N. The summed E-state index contributed by atoms with van der Waals surface area (Å²) in [5.74, 6) is 0.300. The van der Waals surface area contributed by atoms with Crippen LogP contribution in [0.15, 0.2) is 218 Å². The van der Waals surface area contributed by atoms with Crippen LogP contribution < -0.4 is 0 Å². The lowest BCUT2D eigenvalue weighted by Crippen LogP contribution is -2.12. The Hall–Kier alpha value is -7.22. The molecule has 1 nitrogen and oxygen atoms in total. The third-order valence-corrected chi connectivity index (χ3v) is 12.0. The van der Waals surface area contributed by atoms with E-state index in [0.717, 1.165) is 6.42 Å². The number of hydrogen-bond acceptors (Lipinski definition) is 0. The van der Waals surface area contributed by atoms with Gasteiger partial charge in [0.15, 0.2) is 0 Å². The highest BCUT2D eigenvalue weighted by Gasteiger charge is 2.26. The van der Waals surface area contributed by atoms with Crippen molar-refractivity contribution in [3.8, 4) is 61.3 Å². The van der Waals surface area contributed by atoms with Gasteiger partial charge in [-0.2, -0.15) is 0 Å². The van der Waals surface area contributed by atoms with Crippen molar-refractivity contribution in [1.29, 1.82) is 0 Å². The van der Waals surface area contributed by atoms with Gasteiger partial charge in [-0.25, -0.2) is 0 Å². The first-order chi connectivity index (χ1) is 28.2. The molecule has 57 heavy (non-hydrogen) atoms. The van der Waals surface area contributed by atoms with Crippen LogP contribution in [0, 0.1) is 0 Å². The van der Waals surface area contributed by atoms with E-state index in [-0.39, 0.29) is 0 Å². The summed E-state index contributed by atoms with van der Waals surface area (Å²) in [6.07, 6.45) is 0.977. The van der Waals surface area contributed by atoms with E-state index in [1.807, 2.05) is 0 Å². The minimum absolute atomic E-state index is 0.300. The number of para-hydroxylation sites is 1. The Morgan fingerprint density at radius 2 is 0.860 bits per heavy atom. The topological polar surface area (TPSA) is 4.93 Å². The minimum atomic E-state index is 0.300. The number of fused-ring (bicyclic) bond motifs is 6. The van der Waals surface area contributed by atoms with E-state index >= 15 is 0 Å². The monoisotopic (exact) mass is 725 g/mol. The molecule has 0 radical (unpaired) electrons. The highest BCUT2D eigenvalue weighted by molar-refractivity contribution is 6.10. The van der Waals surface area contributed by atoms with Gasteiger partial charge in [0, 0.05) is 22.4 Å². The molecule has 1 aromatic heterocycles. The maximum atomic E-state index is 2.43. The van der Waals surface area contributed by atoms with E-state index in [0.29, 0.717) is 5.92 Å². The third kappa shape index (κ3) is 5.88. The fraction of sp³-hybridized carbons (Fsp3) is 0.0357. The average Bonchev–Trinajstić information content (AvgIpc) is 3.63. The minimum Gasteiger partial charge on any atom is -0.309 e. The molecule has 0 amide bonds. The lowest BCUT2D eigenvalue weighted by molar-refractivity contribution is 0.794. The first kappa shape index (κ1) is 33.1. The van der Waals surface area contributed by atoms with Crippen molar-refractivity contribution in [2.45, 2.75) is 12.3 Å². The van der Waals surface area contributed by atoms with Gasteiger partial charge in [0.25, 0.3) is 0 Å². The second-order valence-electron chi connectivity index (χ2n) is 15.3. The van der Waals surface area contributed by atoms with Crippen LogP contribution in [0.25, 0.3) is 83.1 Å². The molecule has 0 bridgehead atoms. The second-order valence-corrected chi connectivity index (χ2v) is 15.3. The predicted octanol–water partition coefficient (Wildman–Crippen LogP) is 14.8. The zero-order valence-electron chi connectivity index (χ0n) is 31.5. The van der Waals surface area contributed by atoms with Gasteiger partial charge in [-0.05, 0) is 121 Å². The number of benzene rings is 9. The molecule has 1 heterocycles. The van der Waals surface area contributed by atoms with Crippen LogP contribution in [0.1, 0.15) is 22.6 Å². The van der Waals surface area contributed by atoms with E-state index in [4.69, 9.17) is 0 Å². The highest BCUT2D eigenvalue weighted by Crippen LogP contribution is 2.45. The average molecular weight is 726 g/mol. The number of aromatic nitrogens is 1. The van der Waals surface area contributed by atoms with Crippen molar-refractivity contribution in [2.24, 2.45) is 0 Å². The van der Waals surface area contributed by atoms with Crippen molar-refractivity contribution < 1.29 is 0 Å². The molecule has 11 rings (SSSR count). The van der Waals surface area contributed by atoms with E-state index in [1.165, 1.54) is 99.8 Å². The summed E-state index contributed by atoms with van der Waals surface area (Å²) < 4.78 is 2.40. The second kappa shape index (κ2) is 13.8. The zero-order valence-corrected chi connectivity index (χ0v) is 31.5. The third-order valence-electron chi connectivity index (χ3n) is 12.0. The number of rotatable bonds is 6. The van der Waals surface area contributed by atoms with Crippen LogP contribution in [0.5, 0.6) is 0 Å². The zero-order chi connectivity index (χ0) is 37.7. The smallest absolute Gasteiger partial charge is 0.0541 e. The van der Waals surface area contributed by atoms with Crippen molar-refractivity contribution in [2.75, 3.05) is 0 Å². The first-order valence-corrected chi connectivity index (χ1v) is 19.9. The number of hydrogen-bond donors (Lipinski definition) is 0. The van der Waals surface area contributed by atoms with E-state index < -0.39 is 0 Å². The molecule has 10 aromatic rings. The summed E-state index contributed by atoms with van der Waals surface area (Å²) >= 11 is 0. The maximum Gasteiger partial charge on any atom is 0.0541 e. The Kier molecular flexibility index (Phi) is 8.03. The van der Waals surface area contributed by atoms with Crippen molar-refractivity contribution in [3.05, 3.63) is 235 Å². The van der Waals surface area contributed by atoms with Crippen LogP contribution in [0.2, 0.25) is 0 Å². The Morgan fingerprint density at radius 3 is 1.63 bits per heavy atom. The van der Waals surface area contributed by atoms with Gasteiger partial charge in [-0.3, -0.25) is 0 Å². The van der Waals surface area contributed by atoms with Crippen LogP contribution in [-0.2, 0) is 6.42 Å². The fourth-order valence-electron chi connectivity index (χ4n) is 9.14. The lowest BCUT2D eigenvalue weighted by Gasteiger charge is -2.29. The molecule has 0 saturated heterocycles. The van der Waals surface area contributed by atoms with E-state index in [9.17, 15) is 0 Å². The Labute approximate surface area is 333 Å². The Morgan fingerprint density at radius 1 is 0.333 bits per heavy atom. The summed E-state index contributed by atoms with van der Waals surface area (Å²) in [5, 5.41) is 2.53. The molecule has 1 aliphatic carbocycles. The maximum absolute atomic E-state index is 2.43. The van der Waals surface area contributed by atoms with Gasteiger partial charge in [-0.1, -0.05) is 176 Å². The molecular weight excluding hydrogens is 687 g/mol. The summed E-state index contributed by atoms with van der Waals surface area (Å²) in [4.78, 5) is 0. The molecule has 0 spiro atoms. The molecule has 0 aliphatic heterocycles. The van der Waals surface area contributed by atoms with Gasteiger partial charge in [0.2, 0.25) is 0 Å². The summed E-state index contributed by atoms with van der Waals surface area (Å²) in [6, 6.07) is 80.3. The normalized spacial score (nSPS) is 13.4. The van der Waals surface area contributed by atoms with Gasteiger partial charge in [0.05, 0.1) is 11.0 Å². The summed E-state index contributed by atoms with van der Waals surface area (Å²) in [6.45, 7) is 0. The molecule has 0 N–H and O–H groups in total. The van der Waals surface area contributed by atoms with Crippen LogP contribution in [0.4, 0.5) is 0 Å². The summed E-state index contributed by atoms with van der Waals surface area (Å²) in [5.41, 5.74) is 20.3. The quantitative estimate of drug-likeness (QED) is 0.161. The van der Waals surface area contributed by atoms with Crippen LogP contribution >= 0.6 is 0 Å². The van der Waals surface area contributed by atoms with Gasteiger partial charge < -0.3 is 4.57 Å². The van der Waals surface area contributed by atoms with Gasteiger partial charge in [0.1, 0.15) is 0 Å². The van der Waals surface area contributed by atoms with E-state index in [1.54, 1.807) is 0 Å². The van der Waals surface area contributed by atoms with Gasteiger partial charge in [-0.15, -0.1) is 0 Å². The highest BCUT2D eigenvalue weighted by atomic mass is 15.0. The number of nitrogens with zero attached hydrogens (tertiary/aromatic N) is 1. The molecule has 0 saturated carbocycles. The van der Waals surface area contributed by atoms with Crippen molar-refractivity contribution in [3.63, 3.8) is 0 Å². The SMILES string of the molecule is c1ccc(-c2ccc(-n3c4ccccc4c4cc(-c5ccc6c(c5)-c5ccccc5C(c5ccc(-c7cccc(-c8ccccc8)c7)cc5)C6)ccc43)cc2)cc1. The molecule has 268 valence electrons. The lowest BCUT2D eigenvalue weighted by atomic mass is 9.75. The van der Waals surface area contributed by atoms with E-state index in [2.05, 4.69) is 223 Å². The predicted molar refractivity (Wildman–Crippen MR) is 240 cm³/mol. The molecule has 1 aliphatic rings. The van der Waals surface area contributed by atoms with Crippen LogP contribution in [0.3, 0.4) is 0 Å².